The highest BCUT2D eigenvalue weighted by molar-refractivity contribution is 14.1. The Balaban J connectivity index is 2.03. The number of ether oxygens (including phenoxy) is 2. The average molecular weight is 534 g/mol. The molecule has 0 heterocycles. The third-order valence-corrected chi connectivity index (χ3v) is 7.69. The van der Waals surface area contributed by atoms with Crippen molar-refractivity contribution in [2.45, 2.75) is 97.1 Å². The molecule has 0 radical (unpaired) electrons. The maximum atomic E-state index is 12.5. The smallest absolute Gasteiger partial charge is 0.427 e. The summed E-state index contributed by atoms with van der Waals surface area (Å²) < 4.78 is 12.5. The number of hydrogen-bond acceptors (Lipinski definition) is 3. The molecular formula is C17H28I2O3. The summed E-state index contributed by atoms with van der Waals surface area (Å²) in [5.74, 6) is 0. The first-order valence-electron chi connectivity index (χ1n) is 8.60. The largest absolute Gasteiger partial charge is 0.509 e. The van der Waals surface area contributed by atoms with Crippen LogP contribution in [0.5, 0.6) is 0 Å². The molecule has 22 heavy (non-hydrogen) atoms. The van der Waals surface area contributed by atoms with E-state index < -0.39 is 6.16 Å². The fourth-order valence-corrected chi connectivity index (χ4v) is 5.32. The summed E-state index contributed by atoms with van der Waals surface area (Å²) in [4.78, 5) is 12.5. The van der Waals surface area contributed by atoms with Crippen molar-refractivity contribution in [3.05, 3.63) is 0 Å². The summed E-state index contributed by atoms with van der Waals surface area (Å²) in [6, 6.07) is 0. The number of hydrogen-bond donors (Lipinski definition) is 0. The second kappa shape index (κ2) is 8.21. The molecule has 0 spiro atoms. The molecule has 0 aromatic heterocycles. The van der Waals surface area contributed by atoms with Crippen molar-refractivity contribution in [3.8, 4) is 0 Å². The molecule has 128 valence electrons. The number of halogens is 2. The van der Waals surface area contributed by atoms with E-state index in [2.05, 4.69) is 59.0 Å². The average Bonchev–Trinajstić information content (AvgIpc) is 2.48. The van der Waals surface area contributed by atoms with Gasteiger partial charge < -0.3 is 9.47 Å². The Morgan fingerprint density at radius 1 is 0.773 bits per heavy atom. The monoisotopic (exact) mass is 534 g/mol. The Morgan fingerprint density at radius 2 is 1.09 bits per heavy atom. The highest BCUT2D eigenvalue weighted by Gasteiger charge is 2.45. The summed E-state index contributed by atoms with van der Waals surface area (Å²) in [5.41, 5.74) is -0.638. The van der Waals surface area contributed by atoms with Gasteiger partial charge in [-0.15, -0.1) is 0 Å². The van der Waals surface area contributed by atoms with E-state index in [1.54, 1.807) is 0 Å². The van der Waals surface area contributed by atoms with Gasteiger partial charge in [0, 0.05) is 7.85 Å². The van der Waals surface area contributed by atoms with E-state index in [9.17, 15) is 4.79 Å². The Labute approximate surface area is 161 Å². The second-order valence-electron chi connectivity index (χ2n) is 6.94. The van der Waals surface area contributed by atoms with Gasteiger partial charge in [-0.1, -0.05) is 58.0 Å². The normalized spacial score (nSPS) is 26.7. The molecular weight excluding hydrogens is 506 g/mol. The van der Waals surface area contributed by atoms with Crippen LogP contribution < -0.4 is 0 Å². The van der Waals surface area contributed by atoms with Crippen LogP contribution in [-0.4, -0.2) is 25.2 Å². The first-order chi connectivity index (χ1) is 10.4. The zero-order chi connectivity index (χ0) is 16.2. The second-order valence-corrected chi connectivity index (χ2v) is 10.7. The molecule has 2 saturated carbocycles. The summed E-state index contributed by atoms with van der Waals surface area (Å²) >= 11 is 4.80. The van der Waals surface area contributed by atoms with Crippen molar-refractivity contribution in [1.82, 2.24) is 0 Å². The van der Waals surface area contributed by atoms with Crippen molar-refractivity contribution in [3.63, 3.8) is 0 Å². The predicted molar refractivity (Wildman–Crippen MR) is 106 cm³/mol. The number of rotatable bonds is 4. The summed E-state index contributed by atoms with van der Waals surface area (Å²) in [6.07, 6.45) is 10.5. The lowest BCUT2D eigenvalue weighted by Crippen LogP contribution is -2.48. The molecule has 0 N–H and O–H groups in total. The van der Waals surface area contributed by atoms with E-state index in [0.29, 0.717) is 7.85 Å². The van der Waals surface area contributed by atoms with Crippen LogP contribution in [0.15, 0.2) is 0 Å². The lowest BCUT2D eigenvalue weighted by atomic mass is 9.82. The van der Waals surface area contributed by atoms with E-state index in [1.807, 2.05) is 0 Å². The molecule has 2 unspecified atom stereocenters. The minimum absolute atomic E-state index is 0.317. The highest BCUT2D eigenvalue weighted by atomic mass is 127. The quantitative estimate of drug-likeness (QED) is 0.245. The molecule has 2 fully saturated rings. The van der Waals surface area contributed by atoms with Crippen molar-refractivity contribution in [2.75, 3.05) is 0 Å². The van der Waals surface area contributed by atoms with Gasteiger partial charge in [0.15, 0.2) is 0 Å². The van der Waals surface area contributed by atoms with Gasteiger partial charge in [-0.3, -0.25) is 0 Å². The van der Waals surface area contributed by atoms with Crippen LogP contribution >= 0.6 is 45.2 Å². The third-order valence-electron chi connectivity index (χ3n) is 5.42. The van der Waals surface area contributed by atoms with E-state index in [4.69, 9.17) is 9.47 Å². The summed E-state index contributed by atoms with van der Waals surface area (Å²) in [5, 5.41) is 0. The fraction of sp³-hybridized carbons (Fsp3) is 0.941. The van der Waals surface area contributed by atoms with Crippen molar-refractivity contribution < 1.29 is 14.3 Å². The molecule has 2 aliphatic carbocycles. The van der Waals surface area contributed by atoms with Crippen LogP contribution in [0.1, 0.15) is 78.1 Å². The Kier molecular flexibility index (Phi) is 7.11. The molecule has 2 atom stereocenters. The SMILES string of the molecule is CC(I)C1(OC(=O)OC2(C(C)I)CCCCC2)CCCCC1. The standard InChI is InChI=1S/C17H28I2O3/c1-13(18)16(9-5-3-6-10-16)21-15(20)22-17(14(2)19)11-7-4-8-12-17/h13-14H,3-12H2,1-2H3. The molecule has 2 rings (SSSR count). The number of carbonyl (C=O) groups excluding carboxylic acids is 1. The zero-order valence-corrected chi connectivity index (χ0v) is 18.0. The van der Waals surface area contributed by atoms with Gasteiger partial charge in [0.2, 0.25) is 0 Å². The van der Waals surface area contributed by atoms with Gasteiger partial charge in [0.25, 0.3) is 0 Å². The minimum atomic E-state index is -0.434. The summed E-state index contributed by atoms with van der Waals surface area (Å²) in [7, 11) is 0. The molecule has 0 aromatic rings. The molecule has 0 saturated heterocycles. The van der Waals surface area contributed by atoms with E-state index >= 15 is 0 Å². The fourth-order valence-electron chi connectivity index (χ4n) is 3.82. The van der Waals surface area contributed by atoms with E-state index in [0.717, 1.165) is 51.4 Å². The van der Waals surface area contributed by atoms with Crippen molar-refractivity contribution in [1.29, 1.82) is 0 Å². The Bertz CT molecular complexity index is 336. The molecule has 5 heteroatoms. The van der Waals surface area contributed by atoms with Gasteiger partial charge in [0.05, 0.1) is 0 Å². The molecule has 0 bridgehead atoms. The first-order valence-corrected chi connectivity index (χ1v) is 11.1. The highest BCUT2D eigenvalue weighted by Crippen LogP contribution is 2.41. The lowest BCUT2D eigenvalue weighted by Gasteiger charge is -2.42. The molecule has 0 aliphatic heterocycles. The number of alkyl halides is 2. The van der Waals surface area contributed by atoms with Crippen LogP contribution in [0.4, 0.5) is 4.79 Å². The van der Waals surface area contributed by atoms with Gasteiger partial charge in [0.1, 0.15) is 11.2 Å². The lowest BCUT2D eigenvalue weighted by molar-refractivity contribution is -0.0981. The summed E-state index contributed by atoms with van der Waals surface area (Å²) in [6.45, 7) is 4.30. The Hall–Kier alpha value is 0.730. The number of carbonyl (C=O) groups is 1. The van der Waals surface area contributed by atoms with Crippen LogP contribution in [0.25, 0.3) is 0 Å². The van der Waals surface area contributed by atoms with Gasteiger partial charge in [-0.05, 0) is 65.2 Å². The van der Waals surface area contributed by atoms with Gasteiger partial charge >= 0.3 is 6.16 Å². The first kappa shape index (κ1) is 19.1. The zero-order valence-electron chi connectivity index (χ0n) is 13.7. The maximum Gasteiger partial charge on any atom is 0.509 e. The van der Waals surface area contributed by atoms with Gasteiger partial charge in [-0.25, -0.2) is 4.79 Å². The van der Waals surface area contributed by atoms with Crippen LogP contribution in [0, 0.1) is 0 Å². The van der Waals surface area contributed by atoms with Gasteiger partial charge in [-0.2, -0.15) is 0 Å². The molecule has 0 amide bonds. The maximum absolute atomic E-state index is 12.5. The molecule has 0 aromatic carbocycles. The predicted octanol–water partition coefficient (Wildman–Crippen LogP) is 6.19. The van der Waals surface area contributed by atoms with Crippen molar-refractivity contribution >= 4 is 51.3 Å². The topological polar surface area (TPSA) is 35.5 Å². The van der Waals surface area contributed by atoms with E-state index in [1.165, 1.54) is 12.8 Å². The molecule has 3 nitrogen and oxygen atoms in total. The van der Waals surface area contributed by atoms with E-state index in [-0.39, 0.29) is 11.2 Å². The van der Waals surface area contributed by atoms with Crippen LogP contribution in [0.3, 0.4) is 0 Å². The Morgan fingerprint density at radius 3 is 1.36 bits per heavy atom. The van der Waals surface area contributed by atoms with Crippen LogP contribution in [-0.2, 0) is 9.47 Å². The minimum Gasteiger partial charge on any atom is -0.427 e. The molecule has 2 aliphatic rings. The van der Waals surface area contributed by atoms with Crippen LogP contribution in [0.2, 0.25) is 0 Å². The third kappa shape index (κ3) is 4.42. The van der Waals surface area contributed by atoms with Crippen molar-refractivity contribution in [2.24, 2.45) is 0 Å².